The van der Waals surface area contributed by atoms with Crippen LogP contribution in [0, 0.1) is 6.92 Å². The molecular weight excluding hydrogens is 258 g/mol. The van der Waals surface area contributed by atoms with E-state index in [4.69, 9.17) is 10.7 Å². The van der Waals surface area contributed by atoms with Gasteiger partial charge < -0.3 is 0 Å². The number of benzene rings is 1. The minimum atomic E-state index is -3.88. The Morgan fingerprint density at radius 3 is 2.50 bits per heavy atom. The molecular formula is C10H11ClF2O2S. The van der Waals surface area contributed by atoms with Gasteiger partial charge in [-0.1, -0.05) is 29.8 Å². The Kier molecular flexibility index (Phi) is 3.91. The standard InChI is InChI=1S/C10H11ClF2O2S/c1-8-3-2-4-9(7-8)10(12,13)5-6-16(11,14)15/h2-4,7H,5-6H2,1H3. The van der Waals surface area contributed by atoms with E-state index in [-0.39, 0.29) is 5.56 Å². The molecule has 6 heteroatoms. The first-order valence-electron chi connectivity index (χ1n) is 4.58. The average molecular weight is 269 g/mol. The maximum Gasteiger partial charge on any atom is 0.274 e. The number of hydrogen-bond donors (Lipinski definition) is 0. The van der Waals surface area contributed by atoms with Crippen LogP contribution in [0.2, 0.25) is 0 Å². The van der Waals surface area contributed by atoms with Crippen LogP contribution in [0.1, 0.15) is 17.5 Å². The first kappa shape index (κ1) is 13.4. The molecule has 0 atom stereocenters. The van der Waals surface area contributed by atoms with Gasteiger partial charge in [-0.05, 0) is 6.92 Å². The van der Waals surface area contributed by atoms with Crippen LogP contribution in [0.25, 0.3) is 0 Å². The summed E-state index contributed by atoms with van der Waals surface area (Å²) >= 11 is 0. The normalized spacial score (nSPS) is 12.8. The largest absolute Gasteiger partial charge is 0.274 e. The second-order valence-electron chi connectivity index (χ2n) is 3.57. The van der Waals surface area contributed by atoms with Gasteiger partial charge in [0.05, 0.1) is 5.75 Å². The third-order valence-electron chi connectivity index (χ3n) is 2.10. The van der Waals surface area contributed by atoms with Crippen molar-refractivity contribution in [3.8, 4) is 0 Å². The highest BCUT2D eigenvalue weighted by molar-refractivity contribution is 8.13. The highest BCUT2D eigenvalue weighted by Gasteiger charge is 2.32. The molecule has 0 bridgehead atoms. The summed E-state index contributed by atoms with van der Waals surface area (Å²) in [7, 11) is 1.01. The molecule has 0 saturated carbocycles. The Bertz CT molecular complexity index is 471. The molecule has 0 unspecified atom stereocenters. The van der Waals surface area contributed by atoms with Crippen LogP contribution < -0.4 is 0 Å². The van der Waals surface area contributed by atoms with E-state index in [2.05, 4.69) is 0 Å². The molecule has 0 fully saturated rings. The van der Waals surface area contributed by atoms with Crippen LogP contribution in [-0.2, 0) is 15.0 Å². The SMILES string of the molecule is Cc1cccc(C(F)(F)CCS(=O)(=O)Cl)c1. The van der Waals surface area contributed by atoms with E-state index < -0.39 is 27.1 Å². The topological polar surface area (TPSA) is 34.1 Å². The van der Waals surface area contributed by atoms with Gasteiger partial charge in [-0.3, -0.25) is 0 Å². The first-order chi connectivity index (χ1) is 7.21. The van der Waals surface area contributed by atoms with Gasteiger partial charge in [-0.15, -0.1) is 0 Å². The molecule has 0 aliphatic carbocycles. The average Bonchev–Trinajstić information content (AvgIpc) is 2.14. The van der Waals surface area contributed by atoms with Gasteiger partial charge in [0.15, 0.2) is 0 Å². The van der Waals surface area contributed by atoms with Crippen molar-refractivity contribution in [1.29, 1.82) is 0 Å². The Morgan fingerprint density at radius 1 is 1.38 bits per heavy atom. The van der Waals surface area contributed by atoms with Gasteiger partial charge in [0.25, 0.3) is 5.92 Å². The third kappa shape index (κ3) is 4.06. The van der Waals surface area contributed by atoms with Crippen molar-refractivity contribution in [1.82, 2.24) is 0 Å². The molecule has 0 amide bonds. The van der Waals surface area contributed by atoms with E-state index in [1.807, 2.05) is 0 Å². The smallest absolute Gasteiger partial charge is 0.212 e. The van der Waals surface area contributed by atoms with Gasteiger partial charge >= 0.3 is 0 Å². The molecule has 0 N–H and O–H groups in total. The number of hydrogen-bond acceptors (Lipinski definition) is 2. The van der Waals surface area contributed by atoms with Crippen LogP contribution in [0.4, 0.5) is 8.78 Å². The first-order valence-corrected chi connectivity index (χ1v) is 7.06. The Balaban J connectivity index is 2.85. The molecule has 0 aromatic heterocycles. The molecule has 0 radical (unpaired) electrons. The van der Waals surface area contributed by atoms with Crippen molar-refractivity contribution >= 4 is 19.7 Å². The maximum absolute atomic E-state index is 13.5. The van der Waals surface area contributed by atoms with Gasteiger partial charge in [-0.2, -0.15) is 0 Å². The highest BCUT2D eigenvalue weighted by atomic mass is 35.7. The van der Waals surface area contributed by atoms with Crippen molar-refractivity contribution in [2.45, 2.75) is 19.3 Å². The fraction of sp³-hybridized carbons (Fsp3) is 0.400. The Labute approximate surface area is 97.7 Å². The summed E-state index contributed by atoms with van der Waals surface area (Å²) in [6.07, 6.45) is -0.803. The lowest BCUT2D eigenvalue weighted by Gasteiger charge is -2.16. The van der Waals surface area contributed by atoms with Crippen LogP contribution in [0.15, 0.2) is 24.3 Å². The van der Waals surface area contributed by atoms with Crippen molar-refractivity contribution in [2.75, 3.05) is 5.75 Å². The molecule has 0 saturated heterocycles. The van der Waals surface area contributed by atoms with E-state index in [0.717, 1.165) is 0 Å². The minimum Gasteiger partial charge on any atom is -0.212 e. The molecule has 1 rings (SSSR count). The Morgan fingerprint density at radius 2 is 2.00 bits per heavy atom. The lowest BCUT2D eigenvalue weighted by atomic mass is 10.0. The van der Waals surface area contributed by atoms with Crippen molar-refractivity contribution in [2.24, 2.45) is 0 Å². The maximum atomic E-state index is 13.5. The summed E-state index contributed by atoms with van der Waals surface area (Å²) in [4.78, 5) is 0. The predicted molar refractivity (Wildman–Crippen MR) is 59.3 cm³/mol. The van der Waals surface area contributed by atoms with Gasteiger partial charge in [0, 0.05) is 22.7 Å². The Hall–Kier alpha value is -0.680. The van der Waals surface area contributed by atoms with Crippen LogP contribution in [0.3, 0.4) is 0 Å². The summed E-state index contributed by atoms with van der Waals surface area (Å²) in [5, 5.41) is 0. The van der Waals surface area contributed by atoms with Crippen LogP contribution >= 0.6 is 10.7 Å². The molecule has 0 spiro atoms. The molecule has 0 aliphatic rings. The van der Waals surface area contributed by atoms with E-state index in [1.54, 1.807) is 13.0 Å². The minimum absolute atomic E-state index is 0.187. The fourth-order valence-electron chi connectivity index (χ4n) is 1.27. The molecule has 0 heterocycles. The van der Waals surface area contributed by atoms with E-state index >= 15 is 0 Å². The lowest BCUT2D eigenvalue weighted by molar-refractivity contribution is -0.00742. The van der Waals surface area contributed by atoms with Gasteiger partial charge in [-0.25, -0.2) is 17.2 Å². The molecule has 16 heavy (non-hydrogen) atoms. The third-order valence-corrected chi connectivity index (χ3v) is 3.25. The zero-order chi connectivity index (χ0) is 12.4. The summed E-state index contributed by atoms with van der Waals surface area (Å²) in [5.74, 6) is -3.91. The van der Waals surface area contributed by atoms with Crippen molar-refractivity contribution in [3.63, 3.8) is 0 Å². The molecule has 1 aromatic rings. The van der Waals surface area contributed by atoms with Crippen LogP contribution in [0.5, 0.6) is 0 Å². The van der Waals surface area contributed by atoms with Gasteiger partial charge in [0.1, 0.15) is 0 Å². The van der Waals surface area contributed by atoms with E-state index in [0.29, 0.717) is 5.56 Å². The number of rotatable bonds is 4. The molecule has 0 aliphatic heterocycles. The summed E-state index contributed by atoms with van der Waals surface area (Å²) in [6.45, 7) is 1.69. The second-order valence-corrected chi connectivity index (χ2v) is 6.46. The summed E-state index contributed by atoms with van der Waals surface area (Å²) < 4.78 is 48.3. The zero-order valence-electron chi connectivity index (χ0n) is 8.58. The molecule has 1 aromatic carbocycles. The monoisotopic (exact) mass is 268 g/mol. The fourth-order valence-corrected chi connectivity index (χ4v) is 2.00. The van der Waals surface area contributed by atoms with E-state index in [9.17, 15) is 17.2 Å². The summed E-state index contributed by atoms with van der Waals surface area (Å²) in [5.41, 5.74) is 0.513. The van der Waals surface area contributed by atoms with Crippen LogP contribution in [-0.4, -0.2) is 14.2 Å². The second kappa shape index (κ2) is 4.67. The molecule has 2 nitrogen and oxygen atoms in total. The number of halogens is 3. The van der Waals surface area contributed by atoms with Crippen molar-refractivity contribution < 1.29 is 17.2 Å². The predicted octanol–water partition coefficient (Wildman–Crippen LogP) is 3.05. The van der Waals surface area contributed by atoms with Gasteiger partial charge in [0.2, 0.25) is 9.05 Å². The number of aryl methyl sites for hydroxylation is 1. The highest BCUT2D eigenvalue weighted by Crippen LogP contribution is 2.32. The summed E-state index contributed by atoms with van der Waals surface area (Å²) in [6, 6.07) is 5.81. The quantitative estimate of drug-likeness (QED) is 0.787. The lowest BCUT2D eigenvalue weighted by Crippen LogP contribution is -2.17. The van der Waals surface area contributed by atoms with Crippen molar-refractivity contribution in [3.05, 3.63) is 35.4 Å². The van der Waals surface area contributed by atoms with E-state index in [1.165, 1.54) is 18.2 Å². The zero-order valence-corrected chi connectivity index (χ0v) is 10.2. The number of alkyl halides is 2. The molecule has 90 valence electrons.